The van der Waals surface area contributed by atoms with E-state index in [4.69, 9.17) is 27.9 Å². The SMILES string of the molecule is Cc1ccc(N2C(=O)CC(c3cccc(Cl)c3)C3=C2COC3=O)cc1Cl. The van der Waals surface area contributed by atoms with E-state index < -0.39 is 0 Å². The van der Waals surface area contributed by atoms with E-state index in [9.17, 15) is 9.59 Å². The molecule has 0 spiro atoms. The van der Waals surface area contributed by atoms with Gasteiger partial charge in [0.15, 0.2) is 0 Å². The highest BCUT2D eigenvalue weighted by molar-refractivity contribution is 6.31. The number of carbonyl (C=O) groups excluding carboxylic acids is 2. The maximum atomic E-state index is 13.0. The van der Waals surface area contributed by atoms with E-state index in [2.05, 4.69) is 0 Å². The van der Waals surface area contributed by atoms with Crippen molar-refractivity contribution in [3.8, 4) is 0 Å². The first-order valence-corrected chi connectivity index (χ1v) is 8.96. The molecule has 0 saturated carbocycles. The van der Waals surface area contributed by atoms with E-state index in [1.165, 1.54) is 0 Å². The smallest absolute Gasteiger partial charge is 0.336 e. The summed E-state index contributed by atoms with van der Waals surface area (Å²) in [5.74, 6) is -0.851. The molecule has 0 bridgehead atoms. The first-order valence-electron chi connectivity index (χ1n) is 8.20. The van der Waals surface area contributed by atoms with Gasteiger partial charge in [-0.15, -0.1) is 0 Å². The van der Waals surface area contributed by atoms with Crippen LogP contribution in [-0.2, 0) is 14.3 Å². The van der Waals surface area contributed by atoms with Crippen molar-refractivity contribution in [2.75, 3.05) is 11.5 Å². The Morgan fingerprint density at radius 2 is 1.92 bits per heavy atom. The minimum Gasteiger partial charge on any atom is -0.456 e. The molecule has 0 aromatic heterocycles. The molecule has 132 valence electrons. The second-order valence-electron chi connectivity index (χ2n) is 6.41. The van der Waals surface area contributed by atoms with Crippen LogP contribution >= 0.6 is 23.2 Å². The number of anilines is 1. The normalized spacial score (nSPS) is 19.7. The van der Waals surface area contributed by atoms with Crippen molar-refractivity contribution in [3.63, 3.8) is 0 Å². The molecule has 2 aliphatic rings. The number of hydrogen-bond acceptors (Lipinski definition) is 3. The molecule has 2 aromatic rings. The molecule has 4 nitrogen and oxygen atoms in total. The number of hydrogen-bond donors (Lipinski definition) is 0. The van der Waals surface area contributed by atoms with Crippen LogP contribution in [0.2, 0.25) is 10.0 Å². The number of aryl methyl sites for hydroxylation is 1. The van der Waals surface area contributed by atoms with Crippen molar-refractivity contribution in [1.82, 2.24) is 0 Å². The minimum absolute atomic E-state index is 0.0719. The molecule has 0 radical (unpaired) electrons. The molecule has 0 aliphatic carbocycles. The summed E-state index contributed by atoms with van der Waals surface area (Å²) in [7, 11) is 0. The topological polar surface area (TPSA) is 46.6 Å². The summed E-state index contributed by atoms with van der Waals surface area (Å²) in [5.41, 5.74) is 3.49. The van der Waals surface area contributed by atoms with E-state index in [1.807, 2.05) is 31.2 Å². The van der Waals surface area contributed by atoms with Gasteiger partial charge in [0, 0.05) is 22.4 Å². The molecule has 6 heteroatoms. The van der Waals surface area contributed by atoms with Crippen LogP contribution in [0, 0.1) is 6.92 Å². The molecule has 2 heterocycles. The average molecular weight is 388 g/mol. The molecular weight excluding hydrogens is 373 g/mol. The number of cyclic esters (lactones) is 1. The van der Waals surface area contributed by atoms with Gasteiger partial charge >= 0.3 is 5.97 Å². The predicted molar refractivity (Wildman–Crippen MR) is 100 cm³/mol. The highest BCUT2D eigenvalue weighted by atomic mass is 35.5. The third-order valence-corrected chi connectivity index (χ3v) is 5.42. The first kappa shape index (κ1) is 17.1. The maximum Gasteiger partial charge on any atom is 0.336 e. The van der Waals surface area contributed by atoms with E-state index >= 15 is 0 Å². The first-order chi connectivity index (χ1) is 12.5. The molecule has 26 heavy (non-hydrogen) atoms. The van der Waals surface area contributed by atoms with Gasteiger partial charge in [-0.3, -0.25) is 9.69 Å². The molecule has 1 amide bonds. The number of rotatable bonds is 2. The maximum absolute atomic E-state index is 13.0. The molecule has 4 rings (SSSR count). The molecule has 2 aliphatic heterocycles. The predicted octanol–water partition coefficient (Wildman–Crippen LogP) is 4.63. The minimum atomic E-state index is -0.388. The van der Waals surface area contributed by atoms with E-state index in [0.717, 1.165) is 11.1 Å². The van der Waals surface area contributed by atoms with E-state index in [-0.39, 0.29) is 30.8 Å². The standard InChI is InChI=1S/C20H15Cl2NO3/c1-11-5-6-14(8-16(11)22)23-17-10-26-20(25)19(17)15(9-18(23)24)12-3-2-4-13(21)7-12/h2-8,15H,9-10H2,1H3. The van der Waals surface area contributed by atoms with Gasteiger partial charge in [0.05, 0.1) is 17.0 Å². The van der Waals surface area contributed by atoms with Crippen LogP contribution in [-0.4, -0.2) is 18.5 Å². The Hall–Kier alpha value is -2.30. The lowest BCUT2D eigenvalue weighted by molar-refractivity contribution is -0.136. The molecule has 0 fully saturated rings. The van der Waals surface area contributed by atoms with Crippen molar-refractivity contribution in [2.24, 2.45) is 0 Å². The van der Waals surface area contributed by atoms with Gasteiger partial charge in [0.2, 0.25) is 5.91 Å². The van der Waals surface area contributed by atoms with Crippen molar-refractivity contribution >= 4 is 40.8 Å². The lowest BCUT2D eigenvalue weighted by atomic mass is 9.84. The van der Waals surface area contributed by atoms with Gasteiger partial charge in [-0.2, -0.15) is 0 Å². The second kappa shape index (κ2) is 6.45. The lowest BCUT2D eigenvalue weighted by Gasteiger charge is -2.32. The summed E-state index contributed by atoms with van der Waals surface area (Å²) in [6.07, 6.45) is 0.166. The Bertz CT molecular complexity index is 967. The summed E-state index contributed by atoms with van der Waals surface area (Å²) in [5, 5.41) is 1.14. The second-order valence-corrected chi connectivity index (χ2v) is 7.25. The number of amides is 1. The van der Waals surface area contributed by atoms with Crippen LogP contribution in [0.15, 0.2) is 53.7 Å². The van der Waals surface area contributed by atoms with Crippen LogP contribution in [0.4, 0.5) is 5.69 Å². The largest absolute Gasteiger partial charge is 0.456 e. The van der Waals surface area contributed by atoms with Crippen LogP contribution < -0.4 is 4.90 Å². The Balaban J connectivity index is 1.84. The van der Waals surface area contributed by atoms with Gasteiger partial charge in [-0.25, -0.2) is 4.79 Å². The fourth-order valence-electron chi connectivity index (χ4n) is 3.48. The average Bonchev–Trinajstić information content (AvgIpc) is 2.98. The zero-order valence-electron chi connectivity index (χ0n) is 14.0. The molecule has 1 unspecified atom stereocenters. The van der Waals surface area contributed by atoms with Crippen LogP contribution in [0.5, 0.6) is 0 Å². The fourth-order valence-corrected chi connectivity index (χ4v) is 3.86. The third kappa shape index (κ3) is 2.79. The van der Waals surface area contributed by atoms with Gasteiger partial charge in [0.1, 0.15) is 6.61 Å². The zero-order chi connectivity index (χ0) is 18.4. The highest BCUT2D eigenvalue weighted by Crippen LogP contribution is 2.42. The van der Waals surface area contributed by atoms with Crippen LogP contribution in [0.25, 0.3) is 0 Å². The number of benzene rings is 2. The summed E-state index contributed by atoms with van der Waals surface area (Å²) in [6.45, 7) is 1.97. The number of halogens is 2. The number of ether oxygens (including phenoxy) is 1. The van der Waals surface area contributed by atoms with Crippen LogP contribution in [0.1, 0.15) is 23.5 Å². The molecule has 1 atom stereocenters. The van der Waals surface area contributed by atoms with E-state index in [0.29, 0.717) is 27.0 Å². The molecular formula is C20H15Cl2NO3. The number of nitrogens with zero attached hydrogens (tertiary/aromatic N) is 1. The zero-order valence-corrected chi connectivity index (χ0v) is 15.5. The number of esters is 1. The van der Waals surface area contributed by atoms with Gasteiger partial charge in [-0.05, 0) is 42.3 Å². The summed E-state index contributed by atoms with van der Waals surface area (Å²) >= 11 is 12.3. The Morgan fingerprint density at radius 1 is 1.12 bits per heavy atom. The van der Waals surface area contributed by atoms with Crippen molar-refractivity contribution in [1.29, 1.82) is 0 Å². The quantitative estimate of drug-likeness (QED) is 0.705. The molecule has 2 aromatic carbocycles. The van der Waals surface area contributed by atoms with Crippen molar-refractivity contribution in [3.05, 3.63) is 74.9 Å². The molecule has 0 N–H and O–H groups in total. The third-order valence-electron chi connectivity index (χ3n) is 4.78. The van der Waals surface area contributed by atoms with Gasteiger partial charge in [0.25, 0.3) is 0 Å². The van der Waals surface area contributed by atoms with Gasteiger partial charge in [-0.1, -0.05) is 41.4 Å². The lowest BCUT2D eigenvalue weighted by Crippen LogP contribution is -2.37. The summed E-state index contributed by atoms with van der Waals surface area (Å²) in [6, 6.07) is 12.7. The highest BCUT2D eigenvalue weighted by Gasteiger charge is 2.43. The van der Waals surface area contributed by atoms with Crippen molar-refractivity contribution < 1.29 is 14.3 Å². The Morgan fingerprint density at radius 3 is 2.65 bits per heavy atom. The number of carbonyl (C=O) groups is 2. The monoisotopic (exact) mass is 387 g/mol. The van der Waals surface area contributed by atoms with Gasteiger partial charge < -0.3 is 4.74 Å². The summed E-state index contributed by atoms with van der Waals surface area (Å²) < 4.78 is 5.26. The Kier molecular flexibility index (Phi) is 4.25. The van der Waals surface area contributed by atoms with Crippen molar-refractivity contribution in [2.45, 2.75) is 19.3 Å². The fraction of sp³-hybridized carbons (Fsp3) is 0.200. The Labute approximate surface area is 161 Å². The summed E-state index contributed by atoms with van der Waals surface area (Å²) in [4.78, 5) is 26.9. The van der Waals surface area contributed by atoms with Crippen LogP contribution in [0.3, 0.4) is 0 Å². The van der Waals surface area contributed by atoms with E-state index in [1.54, 1.807) is 23.1 Å². The molecule has 0 saturated heterocycles.